The maximum Gasteiger partial charge on any atom is 0.223 e. The summed E-state index contributed by atoms with van der Waals surface area (Å²) in [6.45, 7) is 0.384. The molecule has 2 saturated carbocycles. The molecule has 3 aliphatic rings. The van der Waals surface area contributed by atoms with Gasteiger partial charge in [-0.1, -0.05) is 24.3 Å². The van der Waals surface area contributed by atoms with Crippen LogP contribution in [-0.2, 0) is 27.1 Å². The lowest BCUT2D eigenvalue weighted by Gasteiger charge is -2.42. The number of nitrogens with one attached hydrogen (secondary N) is 2. The van der Waals surface area contributed by atoms with Gasteiger partial charge in [-0.15, -0.1) is 23.5 Å². The van der Waals surface area contributed by atoms with Crippen LogP contribution in [0.4, 0.5) is 0 Å². The first kappa shape index (κ1) is 20.6. The molecule has 1 saturated heterocycles. The van der Waals surface area contributed by atoms with Gasteiger partial charge in [-0.05, 0) is 55.7 Å². The Bertz CT molecular complexity index is 821. The standard InChI is InChI=1S/C20H28N2O3S3/c1-21-28(24,25)13-15-5-3-2-4-14(15)12-22-19(23)16-10-17-6-7-18(11-16)20(17)26-8-9-27-20/h2-5,16-18,21H,6-13H2,1H3,(H,22,23)/t16?,17-,18+. The normalized spacial score (nSPS) is 28.5. The Kier molecular flexibility index (Phi) is 6.03. The number of rotatable bonds is 6. The third-order valence-electron chi connectivity index (χ3n) is 6.48. The van der Waals surface area contributed by atoms with Crippen LogP contribution in [0, 0.1) is 17.8 Å². The molecule has 3 fully saturated rings. The second-order valence-electron chi connectivity index (χ2n) is 8.01. The second-order valence-corrected chi connectivity index (χ2v) is 12.9. The van der Waals surface area contributed by atoms with Crippen LogP contribution in [0.1, 0.15) is 36.8 Å². The van der Waals surface area contributed by atoms with Gasteiger partial charge in [0.15, 0.2) is 0 Å². The maximum atomic E-state index is 12.9. The molecule has 4 rings (SSSR count). The van der Waals surface area contributed by atoms with Crippen LogP contribution >= 0.6 is 23.5 Å². The summed E-state index contributed by atoms with van der Waals surface area (Å²) >= 11 is 4.29. The molecule has 2 aliphatic carbocycles. The van der Waals surface area contributed by atoms with E-state index in [2.05, 4.69) is 33.6 Å². The van der Waals surface area contributed by atoms with Crippen LogP contribution in [0.25, 0.3) is 0 Å². The number of hydrogen-bond donors (Lipinski definition) is 2. The predicted molar refractivity (Wildman–Crippen MR) is 117 cm³/mol. The van der Waals surface area contributed by atoms with Crippen molar-refractivity contribution >= 4 is 39.5 Å². The number of amides is 1. The van der Waals surface area contributed by atoms with E-state index in [4.69, 9.17) is 0 Å². The Morgan fingerprint density at radius 2 is 1.71 bits per heavy atom. The molecule has 154 valence electrons. The van der Waals surface area contributed by atoms with Crippen LogP contribution < -0.4 is 10.0 Å². The Balaban J connectivity index is 1.38. The van der Waals surface area contributed by atoms with Crippen molar-refractivity contribution in [2.75, 3.05) is 18.6 Å². The third kappa shape index (κ3) is 3.98. The van der Waals surface area contributed by atoms with Crippen molar-refractivity contribution in [3.05, 3.63) is 35.4 Å². The van der Waals surface area contributed by atoms with E-state index in [0.717, 1.165) is 24.0 Å². The molecule has 28 heavy (non-hydrogen) atoms. The zero-order valence-corrected chi connectivity index (χ0v) is 18.6. The molecule has 0 radical (unpaired) electrons. The highest BCUT2D eigenvalue weighted by Crippen LogP contribution is 2.65. The lowest BCUT2D eigenvalue weighted by atomic mass is 9.79. The molecule has 1 unspecified atom stereocenters. The monoisotopic (exact) mass is 440 g/mol. The average molecular weight is 441 g/mol. The van der Waals surface area contributed by atoms with Gasteiger partial charge in [0, 0.05) is 24.0 Å². The van der Waals surface area contributed by atoms with Gasteiger partial charge in [0.1, 0.15) is 0 Å². The molecule has 0 aromatic heterocycles. The van der Waals surface area contributed by atoms with Gasteiger partial charge in [0.2, 0.25) is 15.9 Å². The topological polar surface area (TPSA) is 75.3 Å². The van der Waals surface area contributed by atoms with E-state index in [1.807, 2.05) is 24.3 Å². The molecule has 1 spiro atoms. The van der Waals surface area contributed by atoms with E-state index in [-0.39, 0.29) is 17.6 Å². The summed E-state index contributed by atoms with van der Waals surface area (Å²) in [6.07, 6.45) is 4.52. The predicted octanol–water partition coefficient (Wildman–Crippen LogP) is 2.96. The minimum atomic E-state index is -3.34. The van der Waals surface area contributed by atoms with Crippen LogP contribution in [0.2, 0.25) is 0 Å². The molecule has 1 aromatic carbocycles. The van der Waals surface area contributed by atoms with Crippen molar-refractivity contribution in [3.63, 3.8) is 0 Å². The van der Waals surface area contributed by atoms with Gasteiger partial charge >= 0.3 is 0 Å². The molecule has 1 amide bonds. The molecule has 2 N–H and O–H groups in total. The lowest BCUT2D eigenvalue weighted by Crippen LogP contribution is -2.42. The number of sulfonamides is 1. The Morgan fingerprint density at radius 1 is 1.11 bits per heavy atom. The van der Waals surface area contributed by atoms with E-state index in [1.165, 1.54) is 31.4 Å². The van der Waals surface area contributed by atoms with Crippen molar-refractivity contribution < 1.29 is 13.2 Å². The number of carbonyl (C=O) groups excluding carboxylic acids is 1. The van der Waals surface area contributed by atoms with Crippen LogP contribution in [-0.4, -0.2) is 37.0 Å². The molecular weight excluding hydrogens is 412 g/mol. The highest BCUT2D eigenvalue weighted by molar-refractivity contribution is 8.21. The molecule has 1 aliphatic heterocycles. The van der Waals surface area contributed by atoms with E-state index in [9.17, 15) is 13.2 Å². The largest absolute Gasteiger partial charge is 0.352 e. The van der Waals surface area contributed by atoms with Gasteiger partial charge in [0.25, 0.3) is 0 Å². The first-order valence-electron chi connectivity index (χ1n) is 9.97. The van der Waals surface area contributed by atoms with Crippen molar-refractivity contribution in [2.24, 2.45) is 17.8 Å². The summed E-state index contributed by atoms with van der Waals surface area (Å²) in [4.78, 5) is 12.9. The van der Waals surface area contributed by atoms with Crippen LogP contribution in [0.5, 0.6) is 0 Å². The zero-order valence-electron chi connectivity index (χ0n) is 16.1. The number of thioether (sulfide) groups is 2. The summed E-state index contributed by atoms with van der Waals surface area (Å²) < 4.78 is 26.6. The fourth-order valence-electron chi connectivity index (χ4n) is 5.09. The molecule has 3 atom stereocenters. The summed E-state index contributed by atoms with van der Waals surface area (Å²) in [5, 5.41) is 3.09. The van der Waals surface area contributed by atoms with E-state index in [1.54, 1.807) is 0 Å². The fourth-order valence-corrected chi connectivity index (χ4v) is 9.86. The zero-order chi connectivity index (χ0) is 19.8. The van der Waals surface area contributed by atoms with Gasteiger partial charge in [-0.25, -0.2) is 13.1 Å². The van der Waals surface area contributed by atoms with Crippen molar-refractivity contribution in [1.82, 2.24) is 10.0 Å². The third-order valence-corrected chi connectivity index (χ3v) is 11.8. The fraction of sp³-hybridized carbons (Fsp3) is 0.650. The Morgan fingerprint density at radius 3 is 2.32 bits per heavy atom. The van der Waals surface area contributed by atoms with E-state index < -0.39 is 10.0 Å². The van der Waals surface area contributed by atoms with E-state index in [0.29, 0.717) is 22.5 Å². The molecular formula is C20H28N2O3S3. The minimum Gasteiger partial charge on any atom is -0.352 e. The second kappa shape index (κ2) is 8.20. The number of hydrogen-bond acceptors (Lipinski definition) is 5. The lowest BCUT2D eigenvalue weighted by molar-refractivity contribution is -0.126. The SMILES string of the molecule is CNS(=O)(=O)Cc1ccccc1CNC(=O)C1C[C@H]2CC[C@@H](C1)C21SCCS1. The number of benzene rings is 1. The van der Waals surface area contributed by atoms with E-state index >= 15 is 0 Å². The van der Waals surface area contributed by atoms with Gasteiger partial charge in [-0.3, -0.25) is 4.79 Å². The Labute approximate surface area is 176 Å². The molecule has 5 nitrogen and oxygen atoms in total. The van der Waals surface area contributed by atoms with Crippen LogP contribution in [0.3, 0.4) is 0 Å². The van der Waals surface area contributed by atoms with Crippen molar-refractivity contribution in [1.29, 1.82) is 0 Å². The van der Waals surface area contributed by atoms with Crippen LogP contribution in [0.15, 0.2) is 24.3 Å². The quantitative estimate of drug-likeness (QED) is 0.711. The maximum absolute atomic E-state index is 12.9. The van der Waals surface area contributed by atoms with Gasteiger partial charge in [-0.2, -0.15) is 0 Å². The minimum absolute atomic E-state index is 0.0694. The Hall–Kier alpha value is -0.700. The summed E-state index contributed by atoms with van der Waals surface area (Å²) in [7, 11) is -1.92. The number of carbonyl (C=O) groups is 1. The van der Waals surface area contributed by atoms with Gasteiger partial charge < -0.3 is 5.32 Å². The van der Waals surface area contributed by atoms with Crippen molar-refractivity contribution in [2.45, 2.75) is 42.1 Å². The average Bonchev–Trinajstić information content (AvgIpc) is 3.22. The van der Waals surface area contributed by atoms with Gasteiger partial charge in [0.05, 0.1) is 9.83 Å². The summed E-state index contributed by atoms with van der Waals surface area (Å²) in [5.74, 6) is 3.98. The molecule has 2 bridgehead atoms. The summed E-state index contributed by atoms with van der Waals surface area (Å²) in [5.41, 5.74) is 1.60. The molecule has 1 aromatic rings. The first-order valence-corrected chi connectivity index (χ1v) is 13.6. The molecule has 8 heteroatoms. The first-order chi connectivity index (χ1) is 13.4. The summed E-state index contributed by atoms with van der Waals surface area (Å²) in [6, 6.07) is 7.43. The highest BCUT2D eigenvalue weighted by atomic mass is 32.2. The smallest absolute Gasteiger partial charge is 0.223 e. The van der Waals surface area contributed by atoms with Crippen molar-refractivity contribution in [3.8, 4) is 0 Å². The molecule has 1 heterocycles. The highest BCUT2D eigenvalue weighted by Gasteiger charge is 2.57.